The number of carboxylic acid groups (broad SMARTS) is 2. The molecule has 5 N–H and O–H groups in total. The molecule has 9 heteroatoms. The van der Waals surface area contributed by atoms with Crippen molar-refractivity contribution in [1.82, 2.24) is 4.98 Å². The van der Waals surface area contributed by atoms with Gasteiger partial charge in [0, 0.05) is 16.1 Å². The standard InChI is InChI=1S/C13H8ClFN2O5/c14-4-1-2-5(6(15)3-4)7-8(12(19)20)10(16)17-11(18)9(7)13(21)22/h1-3H,(H,19,20)(H,21,22)(H3,16,17,18). The number of nitrogens with two attached hydrogens (primary N) is 1. The van der Waals surface area contributed by atoms with Crippen molar-refractivity contribution >= 4 is 29.4 Å². The number of carboxylic acids is 2. The van der Waals surface area contributed by atoms with Crippen molar-refractivity contribution in [3.63, 3.8) is 0 Å². The minimum absolute atomic E-state index is 0.0211. The number of H-pyrrole nitrogens is 1. The summed E-state index contributed by atoms with van der Waals surface area (Å²) in [6.07, 6.45) is 0. The Balaban J connectivity index is 3.02. The molecule has 22 heavy (non-hydrogen) atoms. The van der Waals surface area contributed by atoms with E-state index in [4.69, 9.17) is 22.4 Å². The maximum atomic E-state index is 14.1. The molecule has 2 rings (SSSR count). The van der Waals surface area contributed by atoms with E-state index in [2.05, 4.69) is 0 Å². The second-order valence-corrected chi connectivity index (χ2v) is 4.66. The van der Waals surface area contributed by atoms with Crippen LogP contribution in [0.1, 0.15) is 20.7 Å². The molecule has 0 unspecified atom stereocenters. The minimum Gasteiger partial charge on any atom is -0.478 e. The molecule has 0 aliphatic rings. The Bertz CT molecular complexity index is 862. The van der Waals surface area contributed by atoms with E-state index in [1.807, 2.05) is 4.98 Å². The summed E-state index contributed by atoms with van der Waals surface area (Å²) < 4.78 is 14.1. The van der Waals surface area contributed by atoms with Crippen molar-refractivity contribution in [2.75, 3.05) is 5.73 Å². The van der Waals surface area contributed by atoms with Crippen LogP contribution in [-0.2, 0) is 0 Å². The summed E-state index contributed by atoms with van der Waals surface area (Å²) in [6, 6.07) is 3.17. The van der Waals surface area contributed by atoms with Crippen LogP contribution >= 0.6 is 11.6 Å². The molecule has 0 aliphatic heterocycles. The van der Waals surface area contributed by atoms with E-state index in [1.54, 1.807) is 0 Å². The number of pyridine rings is 1. The van der Waals surface area contributed by atoms with E-state index in [-0.39, 0.29) is 5.02 Å². The fraction of sp³-hybridized carbons (Fsp3) is 0. The molecule has 114 valence electrons. The number of carbonyl (C=O) groups is 2. The van der Waals surface area contributed by atoms with Gasteiger partial charge in [-0.25, -0.2) is 14.0 Å². The highest BCUT2D eigenvalue weighted by Gasteiger charge is 2.28. The first-order valence-electron chi connectivity index (χ1n) is 5.71. The number of halogens is 2. The van der Waals surface area contributed by atoms with Gasteiger partial charge in [-0.1, -0.05) is 11.6 Å². The Labute approximate surface area is 126 Å². The van der Waals surface area contributed by atoms with Gasteiger partial charge in [0.1, 0.15) is 22.8 Å². The summed E-state index contributed by atoms with van der Waals surface area (Å²) in [6.45, 7) is 0. The zero-order valence-electron chi connectivity index (χ0n) is 10.7. The smallest absolute Gasteiger partial charge is 0.342 e. The third-order valence-electron chi connectivity index (χ3n) is 2.87. The molecule has 0 atom stereocenters. The largest absolute Gasteiger partial charge is 0.478 e. The molecular formula is C13H8ClFN2O5. The molecular weight excluding hydrogens is 319 g/mol. The summed E-state index contributed by atoms with van der Waals surface area (Å²) in [5.41, 5.74) is 1.64. The molecule has 2 aromatic rings. The fourth-order valence-electron chi connectivity index (χ4n) is 2.01. The number of nitrogen functional groups attached to an aromatic ring is 1. The minimum atomic E-state index is -1.71. The van der Waals surface area contributed by atoms with Crippen LogP contribution in [0.3, 0.4) is 0 Å². The predicted octanol–water partition coefficient (Wildman–Crippen LogP) is 1.81. The predicted molar refractivity (Wildman–Crippen MR) is 75.8 cm³/mol. The van der Waals surface area contributed by atoms with Crippen molar-refractivity contribution in [2.45, 2.75) is 0 Å². The van der Waals surface area contributed by atoms with E-state index < -0.39 is 51.4 Å². The molecule has 0 bridgehead atoms. The van der Waals surface area contributed by atoms with Gasteiger partial charge in [-0.15, -0.1) is 0 Å². The quantitative estimate of drug-likeness (QED) is 0.679. The molecule has 0 fully saturated rings. The fourth-order valence-corrected chi connectivity index (χ4v) is 2.17. The molecule has 1 aromatic carbocycles. The Morgan fingerprint density at radius 1 is 1.18 bits per heavy atom. The highest BCUT2D eigenvalue weighted by atomic mass is 35.5. The second kappa shape index (κ2) is 5.49. The van der Waals surface area contributed by atoms with Crippen molar-refractivity contribution in [3.8, 4) is 11.1 Å². The Kier molecular flexibility index (Phi) is 3.87. The zero-order chi connectivity index (χ0) is 16.6. The van der Waals surface area contributed by atoms with Gasteiger partial charge in [-0.05, 0) is 18.2 Å². The van der Waals surface area contributed by atoms with E-state index in [9.17, 15) is 23.9 Å². The highest BCUT2D eigenvalue weighted by molar-refractivity contribution is 6.30. The summed E-state index contributed by atoms with van der Waals surface area (Å²) in [4.78, 5) is 36.3. The SMILES string of the molecule is Nc1[nH]c(=O)c(C(=O)O)c(-c2ccc(Cl)cc2F)c1C(=O)O. The lowest BCUT2D eigenvalue weighted by Gasteiger charge is -2.12. The Morgan fingerprint density at radius 2 is 1.77 bits per heavy atom. The van der Waals surface area contributed by atoms with Crippen LogP contribution in [0.25, 0.3) is 11.1 Å². The first-order chi connectivity index (χ1) is 10.2. The van der Waals surface area contributed by atoms with Gasteiger partial charge >= 0.3 is 11.9 Å². The van der Waals surface area contributed by atoms with Gasteiger partial charge in [0.25, 0.3) is 5.56 Å². The van der Waals surface area contributed by atoms with Crippen LogP contribution in [0.4, 0.5) is 10.2 Å². The van der Waals surface area contributed by atoms with Gasteiger partial charge in [0.05, 0.1) is 0 Å². The maximum Gasteiger partial charge on any atom is 0.342 e. The number of hydrogen-bond donors (Lipinski definition) is 4. The first kappa shape index (κ1) is 15.5. The molecule has 0 aliphatic carbocycles. The third-order valence-corrected chi connectivity index (χ3v) is 3.11. The number of hydrogen-bond acceptors (Lipinski definition) is 4. The average Bonchev–Trinajstić information content (AvgIpc) is 2.36. The number of aromatic amines is 1. The normalized spacial score (nSPS) is 10.5. The van der Waals surface area contributed by atoms with E-state index in [1.165, 1.54) is 6.07 Å². The highest BCUT2D eigenvalue weighted by Crippen LogP contribution is 2.32. The van der Waals surface area contributed by atoms with Crippen molar-refractivity contribution < 1.29 is 24.2 Å². The third kappa shape index (κ3) is 2.51. The van der Waals surface area contributed by atoms with Crippen LogP contribution in [-0.4, -0.2) is 27.1 Å². The van der Waals surface area contributed by atoms with Crippen LogP contribution in [0.5, 0.6) is 0 Å². The van der Waals surface area contributed by atoms with Crippen LogP contribution in [0.2, 0.25) is 5.02 Å². The molecule has 0 radical (unpaired) electrons. The Morgan fingerprint density at radius 3 is 2.27 bits per heavy atom. The first-order valence-corrected chi connectivity index (χ1v) is 6.09. The molecule has 0 saturated carbocycles. The van der Waals surface area contributed by atoms with Gasteiger partial charge in [0.15, 0.2) is 0 Å². The molecule has 1 heterocycles. The topological polar surface area (TPSA) is 133 Å². The van der Waals surface area contributed by atoms with Crippen LogP contribution in [0, 0.1) is 5.82 Å². The second-order valence-electron chi connectivity index (χ2n) is 4.23. The summed E-state index contributed by atoms with van der Waals surface area (Å²) >= 11 is 5.61. The number of anilines is 1. The van der Waals surface area contributed by atoms with Crippen LogP contribution in [0.15, 0.2) is 23.0 Å². The Hall–Kier alpha value is -2.87. The zero-order valence-corrected chi connectivity index (χ0v) is 11.4. The molecule has 0 amide bonds. The molecule has 7 nitrogen and oxygen atoms in total. The molecule has 0 spiro atoms. The number of benzene rings is 1. The van der Waals surface area contributed by atoms with Gasteiger partial charge in [-0.3, -0.25) is 4.79 Å². The number of nitrogens with one attached hydrogen (secondary N) is 1. The monoisotopic (exact) mass is 326 g/mol. The molecule has 0 saturated heterocycles. The number of rotatable bonds is 3. The summed E-state index contributed by atoms with van der Waals surface area (Å²) in [7, 11) is 0. The van der Waals surface area contributed by atoms with E-state index >= 15 is 0 Å². The lowest BCUT2D eigenvalue weighted by Crippen LogP contribution is -2.24. The summed E-state index contributed by atoms with van der Waals surface area (Å²) in [5.74, 6) is -4.89. The van der Waals surface area contributed by atoms with Crippen molar-refractivity contribution in [1.29, 1.82) is 0 Å². The van der Waals surface area contributed by atoms with E-state index in [0.29, 0.717) is 0 Å². The van der Waals surface area contributed by atoms with E-state index in [0.717, 1.165) is 12.1 Å². The van der Waals surface area contributed by atoms with Crippen molar-refractivity contribution in [3.05, 3.63) is 50.5 Å². The maximum absolute atomic E-state index is 14.1. The van der Waals surface area contributed by atoms with Gasteiger partial charge < -0.3 is 20.9 Å². The average molecular weight is 327 g/mol. The summed E-state index contributed by atoms with van der Waals surface area (Å²) in [5, 5.41) is 18.4. The van der Waals surface area contributed by atoms with Crippen LogP contribution < -0.4 is 11.3 Å². The lowest BCUT2D eigenvalue weighted by atomic mass is 9.95. The lowest BCUT2D eigenvalue weighted by molar-refractivity contribution is 0.0695. The van der Waals surface area contributed by atoms with Gasteiger partial charge in [0.2, 0.25) is 0 Å². The van der Waals surface area contributed by atoms with Gasteiger partial charge in [-0.2, -0.15) is 0 Å². The number of aromatic carboxylic acids is 2. The van der Waals surface area contributed by atoms with Crippen molar-refractivity contribution in [2.24, 2.45) is 0 Å². The molecule has 1 aromatic heterocycles. The number of aromatic nitrogens is 1.